The summed E-state index contributed by atoms with van der Waals surface area (Å²) in [5.74, 6) is 1.89. The molecular weight excluding hydrogens is 379 g/mol. The molecule has 0 radical (unpaired) electrons. The number of ketones is 1. The summed E-state index contributed by atoms with van der Waals surface area (Å²) in [6.07, 6.45) is 9.59. The first-order valence-corrected chi connectivity index (χ1v) is 9.19. The van der Waals surface area contributed by atoms with Crippen molar-refractivity contribution in [1.29, 1.82) is 0 Å². The fraction of sp³-hybridized carbons (Fsp3) is 0.200. The number of aromatic nitrogens is 2. The zero-order valence-electron chi connectivity index (χ0n) is 15.1. The van der Waals surface area contributed by atoms with Gasteiger partial charge in [0.25, 0.3) is 0 Å². The Hall–Kier alpha value is -3.18. The molecule has 3 rings (SSSR count). The number of benzene rings is 1. The summed E-state index contributed by atoms with van der Waals surface area (Å²) in [6, 6.07) is 4.52. The Labute approximate surface area is 166 Å². The SMILES string of the molecule is C#CCOc1cnc(C(=O)Cc2ccc(F)c([C@]3(C)C=CSC(N)=N3)c2)cn1. The molecule has 142 valence electrons. The predicted octanol–water partition coefficient (Wildman–Crippen LogP) is 2.84. The van der Waals surface area contributed by atoms with Gasteiger partial charge in [0.2, 0.25) is 5.88 Å². The molecular formula is C20H17FN4O2S. The molecule has 1 aliphatic rings. The van der Waals surface area contributed by atoms with Crippen LogP contribution in [0.2, 0.25) is 0 Å². The second kappa shape index (κ2) is 8.23. The van der Waals surface area contributed by atoms with Crippen LogP contribution in [0.5, 0.6) is 5.88 Å². The van der Waals surface area contributed by atoms with Gasteiger partial charge in [-0.05, 0) is 36.1 Å². The van der Waals surface area contributed by atoms with Gasteiger partial charge >= 0.3 is 0 Å². The Kier molecular flexibility index (Phi) is 5.76. The highest BCUT2D eigenvalue weighted by molar-refractivity contribution is 8.16. The van der Waals surface area contributed by atoms with Crippen LogP contribution < -0.4 is 10.5 Å². The highest BCUT2D eigenvalue weighted by Gasteiger charge is 2.29. The smallest absolute Gasteiger partial charge is 0.233 e. The van der Waals surface area contributed by atoms with E-state index in [1.54, 1.807) is 30.5 Å². The highest BCUT2D eigenvalue weighted by atomic mass is 32.2. The van der Waals surface area contributed by atoms with E-state index in [-0.39, 0.29) is 30.4 Å². The van der Waals surface area contributed by atoms with Gasteiger partial charge in [-0.1, -0.05) is 23.7 Å². The van der Waals surface area contributed by atoms with Crippen LogP contribution >= 0.6 is 11.8 Å². The van der Waals surface area contributed by atoms with Crippen LogP contribution in [0.3, 0.4) is 0 Å². The van der Waals surface area contributed by atoms with Gasteiger partial charge in [0, 0.05) is 12.0 Å². The number of terminal acetylenes is 1. The Morgan fingerprint density at radius 3 is 2.89 bits per heavy atom. The van der Waals surface area contributed by atoms with Crippen molar-refractivity contribution < 1.29 is 13.9 Å². The largest absolute Gasteiger partial charge is 0.463 e. The maximum atomic E-state index is 14.4. The second-order valence-electron chi connectivity index (χ2n) is 6.16. The normalized spacial score (nSPS) is 18.2. The van der Waals surface area contributed by atoms with Gasteiger partial charge in [0.1, 0.15) is 17.1 Å². The van der Waals surface area contributed by atoms with Crippen molar-refractivity contribution in [3.63, 3.8) is 0 Å². The number of hydrogen-bond acceptors (Lipinski definition) is 7. The fourth-order valence-electron chi connectivity index (χ4n) is 2.68. The molecule has 0 unspecified atom stereocenters. The second-order valence-corrected chi connectivity index (χ2v) is 7.09. The third-order valence-corrected chi connectivity index (χ3v) is 4.69. The molecule has 28 heavy (non-hydrogen) atoms. The van der Waals surface area contributed by atoms with E-state index >= 15 is 0 Å². The lowest BCUT2D eigenvalue weighted by atomic mass is 9.90. The first kappa shape index (κ1) is 19.6. The molecule has 2 N–H and O–H groups in total. The first-order chi connectivity index (χ1) is 13.4. The summed E-state index contributed by atoms with van der Waals surface area (Å²) in [5.41, 5.74) is 6.03. The number of nitrogens with two attached hydrogens (primary N) is 1. The number of carbonyl (C=O) groups excluding carboxylic acids is 1. The first-order valence-electron chi connectivity index (χ1n) is 8.31. The molecule has 8 heteroatoms. The third-order valence-electron chi connectivity index (χ3n) is 4.08. The lowest BCUT2D eigenvalue weighted by molar-refractivity contribution is 0.0987. The summed E-state index contributed by atoms with van der Waals surface area (Å²) in [7, 11) is 0. The Bertz CT molecular complexity index is 998. The number of amidine groups is 1. The molecule has 2 heterocycles. The van der Waals surface area contributed by atoms with E-state index in [0.29, 0.717) is 16.3 Å². The number of Topliss-reactive ketones (excluding diaryl/α,β-unsaturated/α-hetero) is 1. The fourth-order valence-corrected chi connectivity index (χ4v) is 3.39. The third kappa shape index (κ3) is 4.38. The van der Waals surface area contributed by atoms with Gasteiger partial charge in [-0.2, -0.15) is 0 Å². The quantitative estimate of drug-likeness (QED) is 0.596. The number of halogens is 1. The average molecular weight is 396 g/mol. The van der Waals surface area contributed by atoms with Gasteiger partial charge in [-0.3, -0.25) is 4.79 Å². The molecule has 0 aliphatic carbocycles. The molecule has 0 fully saturated rings. The molecule has 1 aliphatic heterocycles. The molecule has 1 atom stereocenters. The lowest BCUT2D eigenvalue weighted by Crippen LogP contribution is -2.25. The monoisotopic (exact) mass is 396 g/mol. The summed E-state index contributed by atoms with van der Waals surface area (Å²) in [4.78, 5) is 24.9. The van der Waals surface area contributed by atoms with E-state index in [1.807, 2.05) is 0 Å². The van der Waals surface area contributed by atoms with Crippen molar-refractivity contribution in [2.24, 2.45) is 10.7 Å². The van der Waals surface area contributed by atoms with Crippen molar-refractivity contribution >= 4 is 22.7 Å². The Morgan fingerprint density at radius 1 is 1.39 bits per heavy atom. The molecule has 6 nitrogen and oxygen atoms in total. The van der Waals surface area contributed by atoms with Crippen LogP contribution in [0, 0.1) is 18.2 Å². The molecule has 1 aromatic heterocycles. The van der Waals surface area contributed by atoms with E-state index in [0.717, 1.165) is 0 Å². The van der Waals surface area contributed by atoms with Gasteiger partial charge in [-0.25, -0.2) is 19.4 Å². The van der Waals surface area contributed by atoms with E-state index < -0.39 is 11.4 Å². The van der Waals surface area contributed by atoms with Crippen LogP contribution in [-0.4, -0.2) is 27.5 Å². The number of hydrogen-bond donors (Lipinski definition) is 1. The number of thioether (sulfide) groups is 1. The van der Waals surface area contributed by atoms with Crippen molar-refractivity contribution in [3.05, 3.63) is 64.7 Å². The number of ether oxygens (including phenoxy) is 1. The zero-order valence-corrected chi connectivity index (χ0v) is 15.9. The minimum atomic E-state index is -0.922. The summed E-state index contributed by atoms with van der Waals surface area (Å²) in [6.45, 7) is 1.83. The van der Waals surface area contributed by atoms with Gasteiger partial charge < -0.3 is 10.5 Å². The predicted molar refractivity (Wildman–Crippen MR) is 106 cm³/mol. The Morgan fingerprint density at radius 2 is 2.21 bits per heavy atom. The van der Waals surface area contributed by atoms with Gasteiger partial charge in [0.15, 0.2) is 17.6 Å². The molecule has 0 saturated carbocycles. The van der Waals surface area contributed by atoms with E-state index in [2.05, 4.69) is 20.9 Å². The molecule has 0 bridgehead atoms. The van der Waals surface area contributed by atoms with E-state index in [1.165, 1.54) is 30.2 Å². The van der Waals surface area contributed by atoms with Crippen LogP contribution in [0.4, 0.5) is 4.39 Å². The molecule has 0 spiro atoms. The van der Waals surface area contributed by atoms with Crippen LogP contribution in [0.25, 0.3) is 0 Å². The van der Waals surface area contributed by atoms with E-state index in [4.69, 9.17) is 16.9 Å². The number of aliphatic imine (C=N–C) groups is 1. The Balaban J connectivity index is 1.80. The number of carbonyl (C=O) groups is 1. The summed E-state index contributed by atoms with van der Waals surface area (Å²) in [5, 5.41) is 2.13. The standard InChI is InChI=1S/C20H17FN4O2S/c1-3-7-27-18-12-23-16(11-24-18)17(26)10-13-4-5-15(21)14(9-13)20(2)6-8-28-19(22)25-20/h1,4-6,8-9,11-12H,7,10H2,2H3,(H2,22,25)/t20-/m0/s1. The van der Waals surface area contributed by atoms with Crippen LogP contribution in [0.15, 0.2) is 47.1 Å². The van der Waals surface area contributed by atoms with Crippen LogP contribution in [-0.2, 0) is 12.0 Å². The average Bonchev–Trinajstić information content (AvgIpc) is 2.68. The zero-order chi connectivity index (χ0) is 20.1. The molecule has 0 amide bonds. The van der Waals surface area contributed by atoms with E-state index in [9.17, 15) is 9.18 Å². The minimum absolute atomic E-state index is 0.0419. The minimum Gasteiger partial charge on any atom is -0.463 e. The number of rotatable bonds is 6. The topological polar surface area (TPSA) is 90.5 Å². The molecule has 1 aromatic carbocycles. The summed E-state index contributed by atoms with van der Waals surface area (Å²) >= 11 is 1.27. The maximum absolute atomic E-state index is 14.4. The van der Waals surface area contributed by atoms with Crippen molar-refractivity contribution in [3.8, 4) is 18.2 Å². The molecule has 0 saturated heterocycles. The highest BCUT2D eigenvalue weighted by Crippen LogP contribution is 2.34. The maximum Gasteiger partial charge on any atom is 0.233 e. The van der Waals surface area contributed by atoms with Crippen molar-refractivity contribution in [2.45, 2.75) is 18.9 Å². The van der Waals surface area contributed by atoms with Gasteiger partial charge in [0.05, 0.1) is 12.4 Å². The number of nitrogens with zero attached hydrogens (tertiary/aromatic N) is 3. The lowest BCUT2D eigenvalue weighted by Gasteiger charge is -2.26. The van der Waals surface area contributed by atoms with Gasteiger partial charge in [-0.15, -0.1) is 6.42 Å². The molecule has 2 aromatic rings. The van der Waals surface area contributed by atoms with Crippen molar-refractivity contribution in [1.82, 2.24) is 9.97 Å². The summed E-state index contributed by atoms with van der Waals surface area (Å²) < 4.78 is 19.6. The van der Waals surface area contributed by atoms with Crippen LogP contribution in [0.1, 0.15) is 28.5 Å². The van der Waals surface area contributed by atoms with Crippen molar-refractivity contribution in [2.75, 3.05) is 6.61 Å².